The number of nitrogens with one attached hydrogen (secondary N) is 1. The summed E-state index contributed by atoms with van der Waals surface area (Å²) in [5.74, 6) is -2.46. The molecule has 9 heteroatoms. The van der Waals surface area contributed by atoms with Crippen LogP contribution in [0.3, 0.4) is 0 Å². The molecule has 1 aliphatic heterocycles. The van der Waals surface area contributed by atoms with Gasteiger partial charge in [0, 0.05) is 17.5 Å². The summed E-state index contributed by atoms with van der Waals surface area (Å²) in [6.07, 6.45) is 0.879. The van der Waals surface area contributed by atoms with Crippen molar-refractivity contribution >= 4 is 33.4 Å². The van der Waals surface area contributed by atoms with Crippen LogP contribution in [0.1, 0.15) is 19.4 Å². The molecular formula is C14H14ClNO6S. The minimum Gasteiger partial charge on any atom is -0.456 e. The molecule has 0 radical (unpaired) electrons. The van der Waals surface area contributed by atoms with Gasteiger partial charge < -0.3 is 9.47 Å². The fourth-order valence-corrected chi connectivity index (χ4v) is 2.90. The van der Waals surface area contributed by atoms with Crippen molar-refractivity contribution in [3.63, 3.8) is 0 Å². The maximum atomic E-state index is 12.7. The van der Waals surface area contributed by atoms with Gasteiger partial charge in [0.1, 0.15) is 0 Å². The van der Waals surface area contributed by atoms with Crippen molar-refractivity contribution in [2.24, 2.45) is 0 Å². The van der Waals surface area contributed by atoms with Gasteiger partial charge in [-0.2, -0.15) is 0 Å². The van der Waals surface area contributed by atoms with E-state index in [1.165, 1.54) is 6.92 Å². The first-order chi connectivity index (χ1) is 10.5. The number of benzene rings is 1. The standard InChI is InChI=1S/C14H14ClNO6S/c1-8(17)21-11-12(18)14(2,9-6-4-5-7-10(9)15)22-13(11)16-23(3,19)20/h4-7,16H,1-3H3. The first-order valence-corrected chi connectivity index (χ1v) is 8.71. The summed E-state index contributed by atoms with van der Waals surface area (Å²) in [5, 5.41) is 0.256. The molecule has 0 amide bonds. The lowest BCUT2D eigenvalue weighted by Crippen LogP contribution is -2.32. The van der Waals surface area contributed by atoms with E-state index in [-0.39, 0.29) is 5.02 Å². The lowest BCUT2D eigenvalue weighted by Gasteiger charge is -2.24. The summed E-state index contributed by atoms with van der Waals surface area (Å²) in [7, 11) is -3.75. The molecule has 0 bridgehead atoms. The molecule has 0 spiro atoms. The van der Waals surface area contributed by atoms with E-state index in [0.29, 0.717) is 5.56 Å². The summed E-state index contributed by atoms with van der Waals surface area (Å²) in [5.41, 5.74) is -1.29. The lowest BCUT2D eigenvalue weighted by atomic mass is 9.91. The highest BCUT2D eigenvalue weighted by Crippen LogP contribution is 2.41. The van der Waals surface area contributed by atoms with Gasteiger partial charge in [0.15, 0.2) is 0 Å². The number of esters is 1. The summed E-state index contributed by atoms with van der Waals surface area (Å²) in [4.78, 5) is 23.9. The number of ketones is 1. The SMILES string of the molecule is CC(=O)OC1=C(NS(C)(=O)=O)OC(C)(c2ccccc2Cl)C1=O. The van der Waals surface area contributed by atoms with E-state index < -0.39 is 39.0 Å². The van der Waals surface area contributed by atoms with Gasteiger partial charge in [0.2, 0.25) is 27.3 Å². The molecule has 0 aliphatic carbocycles. The van der Waals surface area contributed by atoms with E-state index in [2.05, 4.69) is 0 Å². The Kier molecular flexibility index (Phi) is 4.41. The minimum absolute atomic E-state index is 0.256. The van der Waals surface area contributed by atoms with Crippen molar-refractivity contribution in [1.82, 2.24) is 4.72 Å². The van der Waals surface area contributed by atoms with E-state index >= 15 is 0 Å². The molecule has 1 unspecified atom stereocenters. The van der Waals surface area contributed by atoms with Crippen LogP contribution in [0.15, 0.2) is 35.9 Å². The first kappa shape index (κ1) is 17.3. The molecular weight excluding hydrogens is 346 g/mol. The smallest absolute Gasteiger partial charge is 0.308 e. The van der Waals surface area contributed by atoms with Gasteiger partial charge in [0.05, 0.1) is 6.26 Å². The quantitative estimate of drug-likeness (QED) is 0.817. The Hall–Kier alpha value is -2.06. The fourth-order valence-electron chi connectivity index (χ4n) is 2.11. The molecule has 1 atom stereocenters. The van der Waals surface area contributed by atoms with E-state index in [1.807, 2.05) is 4.72 Å². The highest BCUT2D eigenvalue weighted by Gasteiger charge is 2.50. The number of halogens is 1. The topological polar surface area (TPSA) is 98.8 Å². The van der Waals surface area contributed by atoms with Crippen LogP contribution in [0.2, 0.25) is 5.02 Å². The number of sulfonamides is 1. The van der Waals surface area contributed by atoms with Crippen molar-refractivity contribution < 1.29 is 27.5 Å². The third kappa shape index (κ3) is 3.48. The molecule has 0 aromatic heterocycles. The molecule has 0 fully saturated rings. The van der Waals surface area contributed by atoms with E-state index in [0.717, 1.165) is 13.2 Å². The van der Waals surface area contributed by atoms with E-state index in [1.54, 1.807) is 24.3 Å². The number of ether oxygens (including phenoxy) is 2. The highest BCUT2D eigenvalue weighted by atomic mass is 35.5. The molecule has 1 aliphatic rings. The number of Topliss-reactive ketones (excluding diaryl/α,β-unsaturated/α-hetero) is 1. The third-order valence-corrected chi connectivity index (χ3v) is 3.95. The van der Waals surface area contributed by atoms with Crippen LogP contribution in [0.5, 0.6) is 0 Å². The summed E-state index contributed by atoms with van der Waals surface area (Å²) < 4.78 is 35.2. The Labute approximate surface area is 138 Å². The molecule has 1 heterocycles. The Balaban J connectivity index is 2.52. The van der Waals surface area contributed by atoms with E-state index in [4.69, 9.17) is 21.1 Å². The second-order valence-corrected chi connectivity index (χ2v) is 7.23. The highest BCUT2D eigenvalue weighted by molar-refractivity contribution is 7.88. The average molecular weight is 360 g/mol. The maximum absolute atomic E-state index is 12.7. The minimum atomic E-state index is -3.75. The van der Waals surface area contributed by atoms with Crippen LogP contribution in [0.25, 0.3) is 0 Å². The zero-order valence-corrected chi connectivity index (χ0v) is 14.1. The number of hydrogen-bond donors (Lipinski definition) is 1. The van der Waals surface area contributed by atoms with Crippen LogP contribution in [-0.4, -0.2) is 26.4 Å². The van der Waals surface area contributed by atoms with Crippen LogP contribution >= 0.6 is 11.6 Å². The second-order valence-electron chi connectivity index (χ2n) is 5.07. The molecule has 23 heavy (non-hydrogen) atoms. The van der Waals surface area contributed by atoms with Crippen LogP contribution in [0, 0.1) is 0 Å². The van der Waals surface area contributed by atoms with Gasteiger partial charge in [-0.3, -0.25) is 14.3 Å². The van der Waals surface area contributed by atoms with Crippen LogP contribution < -0.4 is 4.72 Å². The van der Waals surface area contributed by atoms with Crippen molar-refractivity contribution in [2.75, 3.05) is 6.26 Å². The second kappa shape index (κ2) is 5.86. The van der Waals surface area contributed by atoms with Crippen molar-refractivity contribution in [3.8, 4) is 0 Å². The van der Waals surface area contributed by atoms with Crippen molar-refractivity contribution in [3.05, 3.63) is 46.5 Å². The zero-order valence-electron chi connectivity index (χ0n) is 12.5. The maximum Gasteiger partial charge on any atom is 0.308 e. The Bertz CT molecular complexity index is 816. The van der Waals surface area contributed by atoms with Gasteiger partial charge >= 0.3 is 5.97 Å². The predicted octanol–water partition coefficient (Wildman–Crippen LogP) is 1.44. The van der Waals surface area contributed by atoms with Gasteiger partial charge in [-0.05, 0) is 13.0 Å². The van der Waals surface area contributed by atoms with Crippen LogP contribution in [-0.2, 0) is 34.7 Å². The third-order valence-electron chi connectivity index (χ3n) is 3.06. The monoisotopic (exact) mass is 359 g/mol. The number of hydrogen-bond acceptors (Lipinski definition) is 6. The lowest BCUT2D eigenvalue weighted by molar-refractivity contribution is -0.142. The molecule has 1 aromatic carbocycles. The number of carbonyl (C=O) groups excluding carboxylic acids is 2. The van der Waals surface area contributed by atoms with E-state index in [9.17, 15) is 18.0 Å². The summed E-state index contributed by atoms with van der Waals surface area (Å²) in [6.45, 7) is 2.50. The normalized spacial score (nSPS) is 21.1. The van der Waals surface area contributed by atoms with Gasteiger partial charge in [0.25, 0.3) is 5.78 Å². The molecule has 2 rings (SSSR count). The van der Waals surface area contributed by atoms with Gasteiger partial charge in [-0.1, -0.05) is 29.8 Å². The first-order valence-electron chi connectivity index (χ1n) is 6.44. The molecule has 124 valence electrons. The molecule has 7 nitrogen and oxygen atoms in total. The number of carbonyl (C=O) groups is 2. The van der Waals surface area contributed by atoms with Crippen molar-refractivity contribution in [2.45, 2.75) is 19.4 Å². The Morgan fingerprint density at radius 2 is 1.96 bits per heavy atom. The van der Waals surface area contributed by atoms with Gasteiger partial charge in [-0.25, -0.2) is 8.42 Å². The Morgan fingerprint density at radius 1 is 1.35 bits per heavy atom. The van der Waals surface area contributed by atoms with Gasteiger partial charge in [-0.15, -0.1) is 0 Å². The molecule has 1 N–H and O–H groups in total. The van der Waals surface area contributed by atoms with Crippen molar-refractivity contribution in [1.29, 1.82) is 0 Å². The fraction of sp³-hybridized carbons (Fsp3) is 0.286. The summed E-state index contributed by atoms with van der Waals surface area (Å²) in [6, 6.07) is 6.45. The molecule has 0 saturated heterocycles. The predicted molar refractivity (Wildman–Crippen MR) is 81.7 cm³/mol. The Morgan fingerprint density at radius 3 is 2.48 bits per heavy atom. The molecule has 1 aromatic rings. The van der Waals surface area contributed by atoms with Crippen LogP contribution in [0.4, 0.5) is 0 Å². The largest absolute Gasteiger partial charge is 0.456 e. The zero-order chi connectivity index (χ0) is 17.4. The average Bonchev–Trinajstić information content (AvgIpc) is 2.62. The summed E-state index contributed by atoms with van der Waals surface area (Å²) >= 11 is 6.10. The number of rotatable bonds is 4. The molecule has 0 saturated carbocycles.